The molecule has 0 heterocycles. The number of carbonyl (C=O) groups is 2. The Bertz CT molecular complexity index is 1470. The number of hydrogen-bond acceptors (Lipinski definition) is 6. The maximum absolute atomic E-state index is 14.1. The number of nitro benzene ring substituents is 1. The molecule has 1 N–H and O–H groups in total. The van der Waals surface area contributed by atoms with Gasteiger partial charge in [-0.1, -0.05) is 71.4 Å². The summed E-state index contributed by atoms with van der Waals surface area (Å²) in [6.45, 7) is 3.18. The highest BCUT2D eigenvalue weighted by atomic mass is 79.9. The summed E-state index contributed by atoms with van der Waals surface area (Å²) in [6.07, 6.45) is 1.80. The van der Waals surface area contributed by atoms with Crippen molar-refractivity contribution >= 4 is 49.1 Å². The Morgan fingerprint density at radius 2 is 1.66 bits per heavy atom. The first-order chi connectivity index (χ1) is 19.4. The Balaban J connectivity index is 2.07. The van der Waals surface area contributed by atoms with E-state index in [0.717, 1.165) is 32.2 Å². The average molecular weight is 646 g/mol. The van der Waals surface area contributed by atoms with Crippen molar-refractivity contribution in [2.75, 3.05) is 17.1 Å². The van der Waals surface area contributed by atoms with Gasteiger partial charge < -0.3 is 10.2 Å². The summed E-state index contributed by atoms with van der Waals surface area (Å²) in [6, 6.07) is 20.5. The van der Waals surface area contributed by atoms with Gasteiger partial charge in [-0.15, -0.1) is 0 Å². The van der Waals surface area contributed by atoms with Gasteiger partial charge in [0.2, 0.25) is 21.8 Å². The van der Waals surface area contributed by atoms with E-state index in [-0.39, 0.29) is 36.3 Å². The number of amides is 2. The zero-order valence-electron chi connectivity index (χ0n) is 23.1. The number of sulfonamides is 1. The number of halogens is 1. The molecule has 41 heavy (non-hydrogen) atoms. The summed E-state index contributed by atoms with van der Waals surface area (Å²) in [4.78, 5) is 39.8. The van der Waals surface area contributed by atoms with Gasteiger partial charge in [-0.3, -0.25) is 24.0 Å². The second-order valence-electron chi connectivity index (χ2n) is 9.72. The number of non-ortho nitro benzene ring substituents is 1. The first-order valence-corrected chi connectivity index (χ1v) is 15.6. The zero-order valence-corrected chi connectivity index (χ0v) is 25.5. The van der Waals surface area contributed by atoms with Gasteiger partial charge in [0.1, 0.15) is 12.6 Å². The van der Waals surface area contributed by atoms with Gasteiger partial charge in [0.25, 0.3) is 5.69 Å². The topological polar surface area (TPSA) is 130 Å². The van der Waals surface area contributed by atoms with Crippen molar-refractivity contribution in [3.05, 3.63) is 105 Å². The number of nitrogens with zero attached hydrogens (tertiary/aromatic N) is 3. The van der Waals surface area contributed by atoms with Gasteiger partial charge in [-0.05, 0) is 42.7 Å². The second-order valence-corrected chi connectivity index (χ2v) is 12.5. The van der Waals surface area contributed by atoms with E-state index in [1.165, 1.54) is 23.1 Å². The molecule has 0 saturated heterocycles. The zero-order chi connectivity index (χ0) is 30.2. The Hall–Kier alpha value is -3.77. The minimum absolute atomic E-state index is 0.0256. The molecule has 0 bridgehead atoms. The van der Waals surface area contributed by atoms with Gasteiger partial charge in [0.15, 0.2) is 0 Å². The lowest BCUT2D eigenvalue weighted by molar-refractivity contribution is -0.384. The third-order valence-corrected chi connectivity index (χ3v) is 8.22. The molecule has 3 aromatic carbocycles. The third-order valence-electron chi connectivity index (χ3n) is 6.55. The molecule has 0 aliphatic heterocycles. The van der Waals surface area contributed by atoms with Crippen molar-refractivity contribution in [1.29, 1.82) is 0 Å². The van der Waals surface area contributed by atoms with E-state index in [2.05, 4.69) is 21.2 Å². The van der Waals surface area contributed by atoms with E-state index in [4.69, 9.17) is 0 Å². The predicted molar refractivity (Wildman–Crippen MR) is 162 cm³/mol. The third kappa shape index (κ3) is 9.12. The van der Waals surface area contributed by atoms with Gasteiger partial charge >= 0.3 is 0 Å². The van der Waals surface area contributed by atoms with Crippen LogP contribution in [-0.2, 0) is 32.6 Å². The average Bonchev–Trinajstić information content (AvgIpc) is 2.94. The lowest BCUT2D eigenvalue weighted by Crippen LogP contribution is -2.54. The normalized spacial score (nSPS) is 12.7. The van der Waals surface area contributed by atoms with E-state index >= 15 is 0 Å². The Labute approximate surface area is 248 Å². The minimum Gasteiger partial charge on any atom is -0.352 e. The van der Waals surface area contributed by atoms with E-state index in [1.54, 1.807) is 0 Å². The fourth-order valence-corrected chi connectivity index (χ4v) is 5.26. The molecule has 3 aromatic rings. The SMILES string of the molecule is CCC(C)NC(=O)C(Cc1ccccc1)N(Cc1ccc(Br)cc1)C(=O)CN(c1cccc([N+](=O)[O-])c1)S(C)(=O)=O. The molecule has 0 aromatic heterocycles. The fourth-order valence-electron chi connectivity index (χ4n) is 4.16. The molecule has 3 rings (SSSR count). The van der Waals surface area contributed by atoms with Gasteiger partial charge in [-0.25, -0.2) is 8.42 Å². The Morgan fingerprint density at radius 3 is 2.24 bits per heavy atom. The summed E-state index contributed by atoms with van der Waals surface area (Å²) >= 11 is 3.40. The van der Waals surface area contributed by atoms with Crippen LogP contribution in [0.25, 0.3) is 0 Å². The molecule has 0 saturated carbocycles. The van der Waals surface area contributed by atoms with Gasteiger partial charge in [0, 0.05) is 35.6 Å². The Kier molecular flexibility index (Phi) is 11.0. The molecular weight excluding hydrogens is 612 g/mol. The molecule has 0 fully saturated rings. The van der Waals surface area contributed by atoms with Crippen LogP contribution in [0.5, 0.6) is 0 Å². The van der Waals surface area contributed by atoms with Crippen LogP contribution in [0, 0.1) is 10.1 Å². The molecule has 0 spiro atoms. The van der Waals surface area contributed by atoms with Crippen molar-refractivity contribution in [2.45, 2.75) is 45.3 Å². The van der Waals surface area contributed by atoms with Crippen LogP contribution in [0.15, 0.2) is 83.3 Å². The number of carbonyl (C=O) groups excluding carboxylic acids is 2. The molecular formula is C29H33BrN4O6S. The van der Waals surface area contributed by atoms with Crippen molar-refractivity contribution in [3.63, 3.8) is 0 Å². The molecule has 12 heteroatoms. The van der Waals surface area contributed by atoms with Gasteiger partial charge in [0.05, 0.1) is 16.9 Å². The Morgan fingerprint density at radius 1 is 1.00 bits per heavy atom. The van der Waals surface area contributed by atoms with Crippen LogP contribution in [0.4, 0.5) is 11.4 Å². The lowest BCUT2D eigenvalue weighted by Gasteiger charge is -2.34. The largest absolute Gasteiger partial charge is 0.352 e. The van der Waals surface area contributed by atoms with Crippen molar-refractivity contribution in [2.24, 2.45) is 0 Å². The molecule has 0 aliphatic carbocycles. The highest BCUT2D eigenvalue weighted by molar-refractivity contribution is 9.10. The highest BCUT2D eigenvalue weighted by Crippen LogP contribution is 2.24. The predicted octanol–water partition coefficient (Wildman–Crippen LogP) is 4.68. The maximum atomic E-state index is 14.1. The molecule has 0 aliphatic rings. The summed E-state index contributed by atoms with van der Waals surface area (Å²) in [5, 5.41) is 14.3. The van der Waals surface area contributed by atoms with Crippen LogP contribution >= 0.6 is 15.9 Å². The first kappa shape index (κ1) is 31.8. The van der Waals surface area contributed by atoms with E-state index in [0.29, 0.717) is 6.42 Å². The second kappa shape index (κ2) is 14.2. The highest BCUT2D eigenvalue weighted by Gasteiger charge is 2.33. The van der Waals surface area contributed by atoms with Crippen LogP contribution in [0.2, 0.25) is 0 Å². The molecule has 2 amide bonds. The molecule has 0 radical (unpaired) electrons. The number of anilines is 1. The van der Waals surface area contributed by atoms with Crippen LogP contribution in [0.1, 0.15) is 31.4 Å². The number of rotatable bonds is 13. The summed E-state index contributed by atoms with van der Waals surface area (Å²) in [5.74, 6) is -1.000. The molecule has 2 unspecified atom stereocenters. The molecule has 10 nitrogen and oxygen atoms in total. The number of nitro groups is 1. The van der Waals surface area contributed by atoms with Crippen LogP contribution < -0.4 is 9.62 Å². The number of benzene rings is 3. The summed E-state index contributed by atoms with van der Waals surface area (Å²) in [7, 11) is -4.04. The van der Waals surface area contributed by atoms with Gasteiger partial charge in [-0.2, -0.15) is 0 Å². The minimum atomic E-state index is -4.04. The van der Waals surface area contributed by atoms with E-state index in [1.807, 2.05) is 68.4 Å². The monoisotopic (exact) mass is 644 g/mol. The maximum Gasteiger partial charge on any atom is 0.271 e. The van der Waals surface area contributed by atoms with Crippen molar-refractivity contribution < 1.29 is 22.9 Å². The fraction of sp³-hybridized carbons (Fsp3) is 0.310. The number of nitrogens with one attached hydrogen (secondary N) is 1. The van der Waals surface area contributed by atoms with Crippen molar-refractivity contribution in [1.82, 2.24) is 10.2 Å². The first-order valence-electron chi connectivity index (χ1n) is 13.0. The summed E-state index contributed by atoms with van der Waals surface area (Å²) < 4.78 is 27.4. The van der Waals surface area contributed by atoms with Crippen molar-refractivity contribution in [3.8, 4) is 0 Å². The van der Waals surface area contributed by atoms with Crippen LogP contribution in [-0.4, -0.2) is 54.9 Å². The van der Waals surface area contributed by atoms with E-state index < -0.39 is 33.4 Å². The number of hydrogen-bond donors (Lipinski definition) is 1. The smallest absolute Gasteiger partial charge is 0.271 e. The van der Waals surface area contributed by atoms with E-state index in [9.17, 15) is 28.1 Å². The lowest BCUT2D eigenvalue weighted by atomic mass is 10.0. The quantitative estimate of drug-likeness (QED) is 0.212. The van der Waals surface area contributed by atoms with Crippen LogP contribution in [0.3, 0.4) is 0 Å². The molecule has 2 atom stereocenters. The molecule has 218 valence electrons. The summed E-state index contributed by atoms with van der Waals surface area (Å²) in [5.41, 5.74) is 1.22. The standard InChI is InChI=1S/C29H33BrN4O6S/c1-4-21(2)31-29(36)27(17-22-9-6-5-7-10-22)32(19-23-13-15-24(30)16-14-23)28(35)20-33(41(3,39)40)25-11-8-12-26(18-25)34(37)38/h5-16,18,21,27H,4,17,19-20H2,1-3H3,(H,31,36).